The van der Waals surface area contributed by atoms with E-state index >= 15 is 0 Å². The molecular weight excluding hydrogens is 278 g/mol. The zero-order valence-corrected chi connectivity index (χ0v) is 10.0. The first-order chi connectivity index (χ1) is 5.65. The van der Waals surface area contributed by atoms with Gasteiger partial charge in [0, 0.05) is 14.7 Å². The molecule has 0 radical (unpaired) electrons. The van der Waals surface area contributed by atoms with Crippen molar-refractivity contribution in [2.75, 3.05) is 7.11 Å². The number of halogens is 2. The van der Waals surface area contributed by atoms with E-state index < -0.39 is 12.0 Å². The zero-order chi connectivity index (χ0) is 9.14. The maximum absolute atomic E-state index is 11.0. The van der Waals surface area contributed by atoms with Gasteiger partial charge >= 0.3 is 5.97 Å². The normalized spacial score (nSPS) is 11.6. The molecule has 0 saturated carbocycles. The van der Waals surface area contributed by atoms with Crippen LogP contribution in [0.25, 0.3) is 0 Å². The van der Waals surface area contributed by atoms with Gasteiger partial charge in [-0.05, 0) is 22.0 Å². The predicted molar refractivity (Wildman–Crippen MR) is 58.2 cm³/mol. The first-order valence-corrected chi connectivity index (χ1v) is 4.89. The van der Waals surface area contributed by atoms with E-state index in [1.807, 2.05) is 11.4 Å². The first kappa shape index (κ1) is 12.9. The lowest BCUT2D eigenvalue weighted by molar-refractivity contribution is -0.142. The maximum atomic E-state index is 11.0. The van der Waals surface area contributed by atoms with E-state index in [0.717, 1.165) is 9.35 Å². The number of carbonyl (C=O) groups excluding carboxylic acids is 1. The minimum Gasteiger partial charge on any atom is -0.468 e. The molecule has 0 bridgehead atoms. The number of hydrogen-bond donors (Lipinski definition) is 1. The van der Waals surface area contributed by atoms with Crippen LogP contribution in [0.5, 0.6) is 0 Å². The average molecular weight is 287 g/mol. The average Bonchev–Trinajstić information content (AvgIpc) is 2.49. The van der Waals surface area contributed by atoms with Crippen LogP contribution >= 0.6 is 39.7 Å². The smallest absolute Gasteiger partial charge is 0.328 e. The number of hydrogen-bond acceptors (Lipinski definition) is 4. The highest BCUT2D eigenvalue weighted by molar-refractivity contribution is 9.10. The molecule has 0 aromatic carbocycles. The van der Waals surface area contributed by atoms with E-state index in [2.05, 4.69) is 20.7 Å². The monoisotopic (exact) mass is 285 g/mol. The molecule has 74 valence electrons. The van der Waals surface area contributed by atoms with E-state index in [1.54, 1.807) is 0 Å². The van der Waals surface area contributed by atoms with Gasteiger partial charge in [-0.1, -0.05) is 0 Å². The Kier molecular flexibility index (Phi) is 5.55. The molecule has 0 saturated heterocycles. The fourth-order valence-electron chi connectivity index (χ4n) is 0.734. The van der Waals surface area contributed by atoms with E-state index in [-0.39, 0.29) is 12.4 Å². The highest BCUT2D eigenvalue weighted by Gasteiger charge is 2.17. The summed E-state index contributed by atoms with van der Waals surface area (Å²) in [5.74, 6) is -0.413. The van der Waals surface area contributed by atoms with Crippen molar-refractivity contribution in [1.82, 2.24) is 0 Å². The summed E-state index contributed by atoms with van der Waals surface area (Å²) in [6, 6.07) is 1.15. The highest BCUT2D eigenvalue weighted by Crippen LogP contribution is 2.24. The van der Waals surface area contributed by atoms with Gasteiger partial charge < -0.3 is 10.5 Å². The van der Waals surface area contributed by atoms with Gasteiger partial charge in [-0.2, -0.15) is 0 Å². The van der Waals surface area contributed by atoms with Crippen LogP contribution in [0.4, 0.5) is 0 Å². The summed E-state index contributed by atoms with van der Waals surface area (Å²) < 4.78 is 5.44. The third-order valence-corrected chi connectivity index (χ3v) is 3.13. The van der Waals surface area contributed by atoms with Crippen molar-refractivity contribution in [3.63, 3.8) is 0 Å². The standard InChI is InChI=1S/C7H8BrNO2S.ClH/c1-11-7(10)6(9)5-2-4(8)3-12-5;/h2-3,6H,9H2,1H3;1H. The molecule has 0 spiro atoms. The molecule has 1 aromatic rings. The fraction of sp³-hybridized carbons (Fsp3) is 0.286. The van der Waals surface area contributed by atoms with Crippen molar-refractivity contribution >= 4 is 45.6 Å². The number of esters is 1. The van der Waals surface area contributed by atoms with Crippen molar-refractivity contribution in [2.45, 2.75) is 6.04 Å². The van der Waals surface area contributed by atoms with Crippen molar-refractivity contribution in [3.05, 3.63) is 20.8 Å². The van der Waals surface area contributed by atoms with Crippen LogP contribution in [0.15, 0.2) is 15.9 Å². The van der Waals surface area contributed by atoms with Crippen LogP contribution in [0.1, 0.15) is 10.9 Å². The molecule has 1 atom stereocenters. The number of methoxy groups -OCH3 is 1. The largest absolute Gasteiger partial charge is 0.468 e. The van der Waals surface area contributed by atoms with Crippen LogP contribution in [0, 0.1) is 0 Å². The lowest BCUT2D eigenvalue weighted by atomic mass is 10.3. The summed E-state index contributed by atoms with van der Waals surface area (Å²) in [4.78, 5) is 11.8. The van der Waals surface area contributed by atoms with Crippen molar-refractivity contribution < 1.29 is 9.53 Å². The van der Waals surface area contributed by atoms with Crippen LogP contribution < -0.4 is 5.73 Å². The molecule has 0 amide bonds. The second-order valence-electron chi connectivity index (χ2n) is 2.17. The molecule has 1 unspecified atom stereocenters. The topological polar surface area (TPSA) is 52.3 Å². The van der Waals surface area contributed by atoms with Crippen LogP contribution in [0.3, 0.4) is 0 Å². The first-order valence-electron chi connectivity index (χ1n) is 3.22. The summed E-state index contributed by atoms with van der Waals surface area (Å²) >= 11 is 4.70. The lowest BCUT2D eigenvalue weighted by Gasteiger charge is -2.05. The molecule has 0 aliphatic rings. The van der Waals surface area contributed by atoms with Gasteiger partial charge in [0.1, 0.15) is 6.04 Å². The number of carbonyl (C=O) groups is 1. The van der Waals surface area contributed by atoms with Crippen LogP contribution in [0.2, 0.25) is 0 Å². The molecule has 6 heteroatoms. The van der Waals surface area contributed by atoms with Crippen molar-refractivity contribution in [3.8, 4) is 0 Å². The van der Waals surface area contributed by atoms with Gasteiger partial charge in [0.05, 0.1) is 7.11 Å². The van der Waals surface area contributed by atoms with Crippen LogP contribution in [-0.4, -0.2) is 13.1 Å². The van der Waals surface area contributed by atoms with Crippen LogP contribution in [-0.2, 0) is 9.53 Å². The van der Waals surface area contributed by atoms with Gasteiger partial charge in [0.15, 0.2) is 0 Å². The molecule has 13 heavy (non-hydrogen) atoms. The lowest BCUT2D eigenvalue weighted by Crippen LogP contribution is -2.21. The van der Waals surface area contributed by atoms with Gasteiger partial charge in [0.2, 0.25) is 0 Å². The Hall–Kier alpha value is -0.100. The van der Waals surface area contributed by atoms with Gasteiger partial charge in [-0.15, -0.1) is 23.7 Å². The summed E-state index contributed by atoms with van der Waals surface area (Å²) in [5.41, 5.74) is 5.58. The molecule has 2 N–H and O–H groups in total. The SMILES string of the molecule is COC(=O)C(N)c1cc(Br)cs1.Cl. The quantitative estimate of drug-likeness (QED) is 0.847. The second kappa shape index (κ2) is 5.59. The van der Waals surface area contributed by atoms with E-state index in [0.29, 0.717) is 0 Å². The number of ether oxygens (including phenoxy) is 1. The molecule has 1 heterocycles. The summed E-state index contributed by atoms with van der Waals surface area (Å²) in [6.45, 7) is 0. The summed E-state index contributed by atoms with van der Waals surface area (Å²) in [5, 5.41) is 1.87. The molecule has 1 aromatic heterocycles. The predicted octanol–water partition coefficient (Wildman–Crippen LogP) is 2.11. The van der Waals surface area contributed by atoms with E-state index in [1.165, 1.54) is 18.4 Å². The molecule has 0 aliphatic carbocycles. The Balaban J connectivity index is 0.00000144. The number of rotatable bonds is 2. The fourth-order valence-corrected chi connectivity index (χ4v) is 2.17. The van der Waals surface area contributed by atoms with E-state index in [9.17, 15) is 4.79 Å². The molecule has 3 nitrogen and oxygen atoms in total. The third-order valence-electron chi connectivity index (χ3n) is 1.35. The molecule has 0 aliphatic heterocycles. The molecule has 1 rings (SSSR count). The van der Waals surface area contributed by atoms with Gasteiger partial charge in [0.25, 0.3) is 0 Å². The van der Waals surface area contributed by atoms with Crippen molar-refractivity contribution in [2.24, 2.45) is 5.73 Å². The minimum atomic E-state index is -0.661. The third kappa shape index (κ3) is 3.27. The highest BCUT2D eigenvalue weighted by atomic mass is 79.9. The molecule has 0 fully saturated rings. The minimum absolute atomic E-state index is 0. The van der Waals surface area contributed by atoms with Crippen molar-refractivity contribution in [1.29, 1.82) is 0 Å². The Labute approximate surface area is 94.8 Å². The Morgan fingerprint density at radius 2 is 2.38 bits per heavy atom. The summed E-state index contributed by atoms with van der Waals surface area (Å²) in [7, 11) is 1.32. The number of nitrogens with two attached hydrogens (primary N) is 1. The molecular formula is C7H9BrClNO2S. The van der Waals surface area contributed by atoms with E-state index in [4.69, 9.17) is 5.73 Å². The number of thiophene rings is 1. The Morgan fingerprint density at radius 1 is 1.77 bits per heavy atom. The zero-order valence-electron chi connectivity index (χ0n) is 6.82. The maximum Gasteiger partial charge on any atom is 0.328 e. The summed E-state index contributed by atoms with van der Waals surface area (Å²) in [6.07, 6.45) is 0. The van der Waals surface area contributed by atoms with Gasteiger partial charge in [-0.25, -0.2) is 4.79 Å². The Morgan fingerprint density at radius 3 is 2.77 bits per heavy atom. The second-order valence-corrected chi connectivity index (χ2v) is 4.03. The van der Waals surface area contributed by atoms with Gasteiger partial charge in [-0.3, -0.25) is 0 Å². The Bertz CT molecular complexity index is 292.